The van der Waals surface area contributed by atoms with Gasteiger partial charge in [-0.3, -0.25) is 4.57 Å². The molecule has 0 saturated carbocycles. The molecule has 3 aromatic carbocycles. The fourth-order valence-corrected chi connectivity index (χ4v) is 4.92. The van der Waals surface area contributed by atoms with Crippen LogP contribution in [0.1, 0.15) is 39.2 Å². The van der Waals surface area contributed by atoms with Gasteiger partial charge >= 0.3 is 6.18 Å². The first-order valence-electron chi connectivity index (χ1n) is 12.4. The normalized spacial score (nSPS) is 12.9. The summed E-state index contributed by atoms with van der Waals surface area (Å²) in [7, 11) is 1.97. The van der Waals surface area contributed by atoms with Gasteiger partial charge in [-0.15, -0.1) is 10.2 Å². The van der Waals surface area contributed by atoms with Crippen LogP contribution >= 0.6 is 11.8 Å². The Labute approximate surface area is 214 Å². The number of halogens is 3. The van der Waals surface area contributed by atoms with Crippen molar-refractivity contribution in [2.75, 3.05) is 0 Å². The Kier molecular flexibility index (Phi) is 5.74. The van der Waals surface area contributed by atoms with Crippen molar-refractivity contribution in [2.45, 2.75) is 36.9 Å². The first-order chi connectivity index (χ1) is 18.0. The Hall–Kier alpha value is -3.52. The average molecular weight is 509 g/mol. The van der Waals surface area contributed by atoms with E-state index >= 15 is 0 Å². The van der Waals surface area contributed by atoms with Gasteiger partial charge in [-0.05, 0) is 59.5 Å². The van der Waals surface area contributed by atoms with Gasteiger partial charge in [0.2, 0.25) is 0 Å². The summed E-state index contributed by atoms with van der Waals surface area (Å²) in [4.78, 5) is 0. The van der Waals surface area contributed by atoms with Crippen LogP contribution < -0.4 is 0 Å². The highest BCUT2D eigenvalue weighted by atomic mass is 32.2. The van der Waals surface area contributed by atoms with E-state index in [-0.39, 0.29) is 12.0 Å². The van der Waals surface area contributed by atoms with Crippen molar-refractivity contribution < 1.29 is 15.9 Å². The van der Waals surface area contributed by atoms with Gasteiger partial charge in [0, 0.05) is 35.5 Å². The molecule has 184 valence electrons. The first kappa shape index (κ1) is 21.7. The van der Waals surface area contributed by atoms with Gasteiger partial charge in [0.25, 0.3) is 0 Å². The van der Waals surface area contributed by atoms with E-state index in [0.717, 1.165) is 39.8 Å². The largest absolute Gasteiger partial charge is 0.416 e. The molecule has 8 heteroatoms. The van der Waals surface area contributed by atoms with E-state index in [1.165, 1.54) is 30.0 Å². The number of benzene rings is 3. The van der Waals surface area contributed by atoms with E-state index in [0.29, 0.717) is 28.3 Å². The zero-order valence-corrected chi connectivity index (χ0v) is 20.8. The van der Waals surface area contributed by atoms with Gasteiger partial charge in [-0.1, -0.05) is 55.9 Å². The van der Waals surface area contributed by atoms with E-state index in [2.05, 4.69) is 10.2 Å². The molecule has 0 saturated heterocycles. The third-order valence-electron chi connectivity index (χ3n) is 6.04. The lowest BCUT2D eigenvalue weighted by Gasteiger charge is -2.13. The number of alkyl halides is 3. The molecule has 0 radical (unpaired) electrons. The highest BCUT2D eigenvalue weighted by Crippen LogP contribution is 2.33. The van der Waals surface area contributed by atoms with Gasteiger partial charge in [0.1, 0.15) is 0 Å². The maximum absolute atomic E-state index is 13.0. The van der Waals surface area contributed by atoms with E-state index < -0.39 is 11.7 Å². The van der Waals surface area contributed by atoms with Crippen LogP contribution in [0.25, 0.3) is 28.0 Å². The second kappa shape index (κ2) is 9.50. The third kappa shape index (κ3) is 4.78. The molecular weight excluding hydrogens is 481 g/mol. The van der Waals surface area contributed by atoms with Crippen LogP contribution in [0.5, 0.6) is 0 Å². The monoisotopic (exact) mass is 508 g/mol. The first-order valence-corrected chi connectivity index (χ1v) is 12.4. The van der Waals surface area contributed by atoms with Crippen molar-refractivity contribution in [3.63, 3.8) is 0 Å². The number of hydrogen-bond donors (Lipinski definition) is 0. The van der Waals surface area contributed by atoms with Gasteiger partial charge in [-0.2, -0.15) is 13.2 Å². The molecule has 0 spiro atoms. The van der Waals surface area contributed by atoms with E-state index in [1.807, 2.05) is 66.6 Å². The standard InChI is InChI=1S/C28H25F3N4S/c1-18(2)20-5-4-6-22(15-20)26-32-33-27(36-17-19-7-9-23(10-8-19)28(29,30)31)35(26)24-11-12-25-21(16-24)13-14-34(25)3/h4-16,18H,17H2,1-3H3/i5D,6D. The average Bonchev–Trinajstić information content (AvgIpc) is 3.45. The minimum absolute atomic E-state index is 0.0902. The number of aromatic nitrogens is 4. The van der Waals surface area contributed by atoms with Gasteiger partial charge < -0.3 is 4.57 Å². The van der Waals surface area contributed by atoms with Crippen molar-refractivity contribution >= 4 is 22.7 Å². The lowest BCUT2D eigenvalue weighted by atomic mass is 10.0. The second-order valence-electron chi connectivity index (χ2n) is 8.90. The molecule has 0 N–H and O–H groups in total. The van der Waals surface area contributed by atoms with Crippen molar-refractivity contribution in [2.24, 2.45) is 7.05 Å². The summed E-state index contributed by atoms with van der Waals surface area (Å²) in [5.41, 5.74) is 3.27. The van der Waals surface area contributed by atoms with Crippen LogP contribution in [-0.4, -0.2) is 19.3 Å². The number of hydrogen-bond acceptors (Lipinski definition) is 3. The van der Waals surface area contributed by atoms with Crippen molar-refractivity contribution in [1.29, 1.82) is 0 Å². The molecule has 0 amide bonds. The number of nitrogens with zero attached hydrogens (tertiary/aromatic N) is 4. The van der Waals surface area contributed by atoms with Gasteiger partial charge in [0.05, 0.1) is 14.0 Å². The number of thioether (sulfide) groups is 1. The van der Waals surface area contributed by atoms with Gasteiger partial charge in [0.15, 0.2) is 11.0 Å². The van der Waals surface area contributed by atoms with Crippen LogP contribution in [0.3, 0.4) is 0 Å². The molecule has 0 aliphatic heterocycles. The Morgan fingerprint density at radius 2 is 1.78 bits per heavy atom. The van der Waals surface area contributed by atoms with Gasteiger partial charge in [-0.25, -0.2) is 0 Å². The van der Waals surface area contributed by atoms with Crippen LogP contribution in [0.15, 0.2) is 84.1 Å². The molecule has 0 aliphatic rings. The Morgan fingerprint density at radius 1 is 1.00 bits per heavy atom. The maximum atomic E-state index is 13.0. The third-order valence-corrected chi connectivity index (χ3v) is 7.04. The molecule has 5 rings (SSSR count). The fourth-order valence-electron chi connectivity index (χ4n) is 4.02. The minimum Gasteiger partial charge on any atom is -0.351 e. The Balaban J connectivity index is 1.59. The van der Waals surface area contributed by atoms with E-state index in [1.54, 1.807) is 0 Å². The molecule has 0 unspecified atom stereocenters. The van der Waals surface area contributed by atoms with Crippen molar-refractivity contribution in [3.05, 3.63) is 95.6 Å². The summed E-state index contributed by atoms with van der Waals surface area (Å²) in [6, 6.07) is 17.0. The number of fused-ring (bicyclic) bond motifs is 1. The molecule has 0 bridgehead atoms. The molecule has 0 atom stereocenters. The zero-order valence-electron chi connectivity index (χ0n) is 22.0. The molecule has 0 fully saturated rings. The predicted molar refractivity (Wildman–Crippen MR) is 138 cm³/mol. The SMILES string of the molecule is [2H]c1cc([2H])c(C(C)C)cc1-c1nnc(SCc2ccc(C(F)(F)F)cc2)n1-c1ccc2c(ccn2C)c1. The molecule has 5 aromatic rings. The second-order valence-corrected chi connectivity index (χ2v) is 9.84. The zero-order chi connectivity index (χ0) is 27.2. The van der Waals surface area contributed by atoms with Crippen molar-refractivity contribution in [3.8, 4) is 17.1 Å². The molecule has 2 heterocycles. The predicted octanol–water partition coefficient (Wildman–Crippen LogP) is 7.86. The molecule has 4 nitrogen and oxygen atoms in total. The number of rotatable bonds is 6. The summed E-state index contributed by atoms with van der Waals surface area (Å²) < 4.78 is 59.7. The molecular formula is C28H25F3N4S. The molecule has 0 aliphatic carbocycles. The lowest BCUT2D eigenvalue weighted by molar-refractivity contribution is -0.137. The minimum atomic E-state index is -4.38. The summed E-state index contributed by atoms with van der Waals surface area (Å²) in [6.07, 6.45) is -2.40. The van der Waals surface area contributed by atoms with Crippen LogP contribution in [0.2, 0.25) is 0 Å². The fraction of sp³-hybridized carbons (Fsp3) is 0.214. The quantitative estimate of drug-likeness (QED) is 0.219. The summed E-state index contributed by atoms with van der Waals surface area (Å²) in [5, 5.41) is 10.5. The summed E-state index contributed by atoms with van der Waals surface area (Å²) >= 11 is 1.36. The van der Waals surface area contributed by atoms with E-state index in [9.17, 15) is 13.2 Å². The van der Waals surface area contributed by atoms with E-state index in [4.69, 9.17) is 2.74 Å². The topological polar surface area (TPSA) is 35.6 Å². The van der Waals surface area contributed by atoms with Crippen molar-refractivity contribution in [1.82, 2.24) is 19.3 Å². The molecule has 36 heavy (non-hydrogen) atoms. The highest BCUT2D eigenvalue weighted by molar-refractivity contribution is 7.98. The van der Waals surface area contributed by atoms with Crippen LogP contribution in [0, 0.1) is 0 Å². The summed E-state index contributed by atoms with van der Waals surface area (Å²) in [6.45, 7) is 4.00. The maximum Gasteiger partial charge on any atom is 0.416 e. The molecule has 2 aromatic heterocycles. The highest BCUT2D eigenvalue weighted by Gasteiger charge is 2.30. The lowest BCUT2D eigenvalue weighted by Crippen LogP contribution is -2.04. The number of aryl methyl sites for hydroxylation is 1. The summed E-state index contributed by atoms with van der Waals surface area (Å²) in [5.74, 6) is 0.954. The smallest absolute Gasteiger partial charge is 0.351 e. The van der Waals surface area contributed by atoms with Crippen LogP contribution in [-0.2, 0) is 19.0 Å². The van der Waals surface area contributed by atoms with Crippen LogP contribution in [0.4, 0.5) is 13.2 Å². The Morgan fingerprint density at radius 3 is 2.50 bits per heavy atom. The Bertz CT molecular complexity index is 1620.